The zero-order valence-corrected chi connectivity index (χ0v) is 10.3. The second-order valence-corrected chi connectivity index (χ2v) is 4.12. The van der Waals surface area contributed by atoms with E-state index in [9.17, 15) is 0 Å². The molecule has 0 saturated heterocycles. The summed E-state index contributed by atoms with van der Waals surface area (Å²) in [4.78, 5) is 14.1. The van der Waals surface area contributed by atoms with Crippen LogP contribution >= 0.6 is 0 Å². The fourth-order valence-corrected chi connectivity index (χ4v) is 1.96. The fourth-order valence-electron chi connectivity index (χ4n) is 1.96. The van der Waals surface area contributed by atoms with Crippen molar-refractivity contribution >= 4 is 11.2 Å². The summed E-state index contributed by atoms with van der Waals surface area (Å²) in [6, 6.07) is 12.0. The van der Waals surface area contributed by atoms with Gasteiger partial charge in [0.2, 0.25) is 0 Å². The van der Waals surface area contributed by atoms with Crippen molar-refractivity contribution in [2.24, 2.45) is 0 Å². The van der Waals surface area contributed by atoms with E-state index in [0.717, 1.165) is 16.9 Å². The zero-order valence-electron chi connectivity index (χ0n) is 10.3. The van der Waals surface area contributed by atoms with Crippen LogP contribution in [0.15, 0.2) is 42.6 Å². The van der Waals surface area contributed by atoms with E-state index in [2.05, 4.69) is 29.0 Å². The molecule has 3 rings (SSSR count). The normalized spacial score (nSPS) is 10.8. The van der Waals surface area contributed by atoms with Crippen molar-refractivity contribution in [1.29, 1.82) is 0 Å². The lowest BCUT2D eigenvalue weighted by atomic mass is 10.1. The molecule has 0 aliphatic carbocycles. The van der Waals surface area contributed by atoms with Crippen molar-refractivity contribution in [2.45, 2.75) is 6.92 Å². The van der Waals surface area contributed by atoms with E-state index < -0.39 is 0 Å². The first-order valence-electron chi connectivity index (χ1n) is 5.74. The maximum absolute atomic E-state index is 5.40. The van der Waals surface area contributed by atoms with E-state index in [1.165, 1.54) is 5.56 Å². The highest BCUT2D eigenvalue weighted by Gasteiger charge is 2.13. The Balaban J connectivity index is 2.25. The van der Waals surface area contributed by atoms with Gasteiger partial charge in [0.05, 0.1) is 0 Å². The van der Waals surface area contributed by atoms with Gasteiger partial charge in [-0.3, -0.25) is 0 Å². The number of benzene rings is 1. The molecule has 3 aromatic rings. The monoisotopic (exact) mass is 239 g/mol. The molecule has 0 unspecified atom stereocenters. The molecular weight excluding hydrogens is 226 g/mol. The van der Waals surface area contributed by atoms with Gasteiger partial charge < -0.3 is 4.84 Å². The summed E-state index contributed by atoms with van der Waals surface area (Å²) in [6.07, 6.45) is 1.73. The molecule has 2 aromatic heterocycles. The third kappa shape index (κ3) is 1.62. The van der Waals surface area contributed by atoms with Crippen molar-refractivity contribution in [2.75, 3.05) is 7.11 Å². The topological polar surface area (TPSA) is 39.9 Å². The average Bonchev–Trinajstić information content (AvgIpc) is 2.78. The third-order valence-corrected chi connectivity index (χ3v) is 2.88. The minimum atomic E-state index is 0.690. The molecule has 90 valence electrons. The summed E-state index contributed by atoms with van der Waals surface area (Å²) in [6.45, 7) is 2.06. The van der Waals surface area contributed by atoms with E-state index >= 15 is 0 Å². The van der Waals surface area contributed by atoms with Crippen LogP contribution in [0.4, 0.5) is 0 Å². The second kappa shape index (κ2) is 4.14. The van der Waals surface area contributed by atoms with Gasteiger partial charge >= 0.3 is 0 Å². The number of hydrogen-bond acceptors (Lipinski definition) is 3. The fraction of sp³-hybridized carbons (Fsp3) is 0.143. The van der Waals surface area contributed by atoms with Crippen molar-refractivity contribution < 1.29 is 4.84 Å². The molecule has 1 aromatic carbocycles. The van der Waals surface area contributed by atoms with E-state index in [4.69, 9.17) is 4.84 Å². The van der Waals surface area contributed by atoms with Gasteiger partial charge in [-0.1, -0.05) is 29.8 Å². The SMILES string of the molecule is COn1c(-c2ccc(C)cc2)nc2ncccc21. The predicted octanol–water partition coefficient (Wildman–Crippen LogP) is 2.47. The summed E-state index contributed by atoms with van der Waals surface area (Å²) >= 11 is 0. The molecule has 0 saturated carbocycles. The van der Waals surface area contributed by atoms with E-state index in [1.54, 1.807) is 18.0 Å². The molecule has 0 atom stereocenters. The molecule has 0 amide bonds. The van der Waals surface area contributed by atoms with Gasteiger partial charge in [-0.05, 0) is 19.1 Å². The Hall–Kier alpha value is -2.36. The third-order valence-electron chi connectivity index (χ3n) is 2.88. The van der Waals surface area contributed by atoms with Gasteiger partial charge in [0.1, 0.15) is 12.6 Å². The second-order valence-electron chi connectivity index (χ2n) is 4.12. The summed E-state index contributed by atoms with van der Waals surface area (Å²) < 4.78 is 1.70. The van der Waals surface area contributed by atoms with Crippen molar-refractivity contribution in [1.82, 2.24) is 14.7 Å². The van der Waals surface area contributed by atoms with Crippen LogP contribution < -0.4 is 4.84 Å². The van der Waals surface area contributed by atoms with Gasteiger partial charge in [0.15, 0.2) is 11.5 Å². The van der Waals surface area contributed by atoms with E-state index in [0.29, 0.717) is 5.65 Å². The summed E-state index contributed by atoms with van der Waals surface area (Å²) in [5, 5.41) is 0. The van der Waals surface area contributed by atoms with Crippen LogP contribution in [-0.4, -0.2) is 21.8 Å². The van der Waals surface area contributed by atoms with Crippen LogP contribution in [0.5, 0.6) is 0 Å². The molecule has 0 radical (unpaired) electrons. The Morgan fingerprint density at radius 2 is 1.89 bits per heavy atom. The Morgan fingerprint density at radius 1 is 1.11 bits per heavy atom. The number of hydrogen-bond donors (Lipinski definition) is 0. The first-order valence-corrected chi connectivity index (χ1v) is 5.74. The first-order chi connectivity index (χ1) is 8.79. The summed E-state index contributed by atoms with van der Waals surface area (Å²) in [7, 11) is 1.63. The number of nitrogens with zero attached hydrogens (tertiary/aromatic N) is 3. The standard InChI is InChI=1S/C14H13N3O/c1-10-5-7-11(8-6-10)14-16-13-12(17(14)18-2)4-3-9-15-13/h3-9H,1-2H3. The Labute approximate surface area is 105 Å². The van der Waals surface area contributed by atoms with Crippen molar-refractivity contribution in [3.8, 4) is 11.4 Å². The maximum atomic E-state index is 5.40. The maximum Gasteiger partial charge on any atom is 0.181 e. The molecule has 0 aliphatic heterocycles. The Bertz CT molecular complexity index is 686. The van der Waals surface area contributed by atoms with Crippen LogP contribution in [0.2, 0.25) is 0 Å². The van der Waals surface area contributed by atoms with Crippen LogP contribution in [0, 0.1) is 6.92 Å². The molecule has 0 fully saturated rings. The minimum Gasteiger partial charge on any atom is -0.415 e. The molecule has 18 heavy (non-hydrogen) atoms. The number of rotatable bonds is 2. The summed E-state index contributed by atoms with van der Waals surface area (Å²) in [5.74, 6) is 0.770. The van der Waals surface area contributed by atoms with E-state index in [-0.39, 0.29) is 0 Å². The average molecular weight is 239 g/mol. The van der Waals surface area contributed by atoms with Gasteiger partial charge in [0.25, 0.3) is 0 Å². The highest BCUT2D eigenvalue weighted by Crippen LogP contribution is 2.22. The van der Waals surface area contributed by atoms with Crippen LogP contribution in [0.3, 0.4) is 0 Å². The first kappa shape index (κ1) is 10.8. The van der Waals surface area contributed by atoms with Crippen molar-refractivity contribution in [3.63, 3.8) is 0 Å². The number of aryl methyl sites for hydroxylation is 1. The molecule has 0 aliphatic rings. The van der Waals surface area contributed by atoms with Gasteiger partial charge in [-0.25, -0.2) is 9.97 Å². The zero-order chi connectivity index (χ0) is 12.5. The predicted molar refractivity (Wildman–Crippen MR) is 70.2 cm³/mol. The molecule has 0 N–H and O–H groups in total. The smallest absolute Gasteiger partial charge is 0.181 e. The molecule has 2 heterocycles. The van der Waals surface area contributed by atoms with Crippen LogP contribution in [0.25, 0.3) is 22.6 Å². The van der Waals surface area contributed by atoms with Crippen molar-refractivity contribution in [3.05, 3.63) is 48.2 Å². The summed E-state index contributed by atoms with van der Waals surface area (Å²) in [5.41, 5.74) is 3.79. The molecule has 4 nitrogen and oxygen atoms in total. The number of fused-ring (bicyclic) bond motifs is 1. The number of aromatic nitrogens is 3. The number of pyridine rings is 1. The van der Waals surface area contributed by atoms with Crippen LogP contribution in [-0.2, 0) is 0 Å². The van der Waals surface area contributed by atoms with Gasteiger partial charge in [-0.2, -0.15) is 4.73 Å². The molecular formula is C14H13N3O. The quantitative estimate of drug-likeness (QED) is 0.689. The Morgan fingerprint density at radius 3 is 2.61 bits per heavy atom. The largest absolute Gasteiger partial charge is 0.415 e. The minimum absolute atomic E-state index is 0.690. The lowest BCUT2D eigenvalue weighted by molar-refractivity contribution is 0.182. The molecule has 0 spiro atoms. The highest BCUT2D eigenvalue weighted by molar-refractivity contribution is 5.76. The lowest BCUT2D eigenvalue weighted by Crippen LogP contribution is -2.07. The van der Waals surface area contributed by atoms with E-state index in [1.807, 2.05) is 24.3 Å². The molecule has 0 bridgehead atoms. The van der Waals surface area contributed by atoms with Gasteiger partial charge in [-0.15, -0.1) is 0 Å². The van der Waals surface area contributed by atoms with Gasteiger partial charge in [0, 0.05) is 11.8 Å². The van der Waals surface area contributed by atoms with Crippen LogP contribution in [0.1, 0.15) is 5.56 Å². The Kier molecular flexibility index (Phi) is 2.48. The molecule has 4 heteroatoms. The lowest BCUT2D eigenvalue weighted by Gasteiger charge is -2.06. The highest BCUT2D eigenvalue weighted by atomic mass is 16.6. The number of imidazole rings is 1.